The number of methoxy groups -OCH3 is 1. The molecule has 7 nitrogen and oxygen atoms in total. The highest BCUT2D eigenvalue weighted by atomic mass is 16.5. The minimum absolute atomic E-state index is 0.140. The zero-order valence-electron chi connectivity index (χ0n) is 9.20. The molecule has 17 heavy (non-hydrogen) atoms. The lowest BCUT2D eigenvalue weighted by Gasteiger charge is -2.05. The molecular formula is C10H11N5O2. The number of carbonyl (C=O) groups excluding carboxylic acids is 1. The SMILES string of the molecule is COC(=O)CNc1ccc(-n2cnnn2)cc1. The number of nitrogens with one attached hydrogen (secondary N) is 1. The van der Waals surface area contributed by atoms with E-state index in [-0.39, 0.29) is 12.5 Å². The van der Waals surface area contributed by atoms with Gasteiger partial charge in [-0.15, -0.1) is 5.10 Å². The van der Waals surface area contributed by atoms with Crippen LogP contribution in [0.3, 0.4) is 0 Å². The van der Waals surface area contributed by atoms with Crippen molar-refractivity contribution in [1.29, 1.82) is 0 Å². The van der Waals surface area contributed by atoms with Crippen LogP contribution in [0.1, 0.15) is 0 Å². The molecule has 0 radical (unpaired) electrons. The third kappa shape index (κ3) is 2.77. The summed E-state index contributed by atoms with van der Waals surface area (Å²) < 4.78 is 6.07. The summed E-state index contributed by atoms with van der Waals surface area (Å²) in [7, 11) is 1.35. The molecule has 7 heteroatoms. The van der Waals surface area contributed by atoms with E-state index in [9.17, 15) is 4.79 Å². The Labute approximate surface area is 97.4 Å². The number of esters is 1. The molecule has 0 unspecified atom stereocenters. The highest BCUT2D eigenvalue weighted by molar-refractivity contribution is 5.74. The van der Waals surface area contributed by atoms with Crippen LogP contribution in [-0.2, 0) is 9.53 Å². The Balaban J connectivity index is 2.01. The van der Waals surface area contributed by atoms with Gasteiger partial charge in [0.05, 0.1) is 12.8 Å². The molecule has 2 aromatic rings. The molecule has 0 aliphatic carbocycles. The van der Waals surface area contributed by atoms with Crippen LogP contribution in [0.25, 0.3) is 5.69 Å². The Morgan fingerprint density at radius 3 is 2.76 bits per heavy atom. The number of tetrazole rings is 1. The highest BCUT2D eigenvalue weighted by Gasteiger charge is 2.01. The molecule has 1 heterocycles. The van der Waals surface area contributed by atoms with Gasteiger partial charge in [0.25, 0.3) is 0 Å². The molecule has 0 spiro atoms. The second-order valence-corrected chi connectivity index (χ2v) is 3.23. The lowest BCUT2D eigenvalue weighted by atomic mass is 10.3. The van der Waals surface area contributed by atoms with Gasteiger partial charge in [-0.2, -0.15) is 0 Å². The number of nitrogens with zero attached hydrogens (tertiary/aromatic N) is 4. The summed E-state index contributed by atoms with van der Waals surface area (Å²) in [5.74, 6) is -0.311. The molecule has 88 valence electrons. The molecule has 1 aromatic heterocycles. The second kappa shape index (κ2) is 5.06. The minimum Gasteiger partial charge on any atom is -0.468 e. The second-order valence-electron chi connectivity index (χ2n) is 3.23. The number of aromatic nitrogens is 4. The van der Waals surface area contributed by atoms with Gasteiger partial charge in [0.1, 0.15) is 12.9 Å². The van der Waals surface area contributed by atoms with Crippen LogP contribution in [0.15, 0.2) is 30.6 Å². The van der Waals surface area contributed by atoms with Gasteiger partial charge in [-0.25, -0.2) is 4.68 Å². The summed E-state index contributed by atoms with van der Waals surface area (Å²) >= 11 is 0. The van der Waals surface area contributed by atoms with Crippen molar-refractivity contribution in [2.75, 3.05) is 19.0 Å². The lowest BCUT2D eigenvalue weighted by molar-refractivity contribution is -0.138. The Kier molecular flexibility index (Phi) is 3.29. The topological polar surface area (TPSA) is 81.9 Å². The molecule has 0 bridgehead atoms. The molecular weight excluding hydrogens is 222 g/mol. The van der Waals surface area contributed by atoms with Crippen LogP contribution in [-0.4, -0.2) is 39.8 Å². The van der Waals surface area contributed by atoms with Gasteiger partial charge in [0.2, 0.25) is 0 Å². The molecule has 0 aliphatic rings. The zero-order valence-corrected chi connectivity index (χ0v) is 9.20. The number of hydrogen-bond acceptors (Lipinski definition) is 6. The maximum absolute atomic E-state index is 10.9. The minimum atomic E-state index is -0.311. The van der Waals surface area contributed by atoms with Crippen molar-refractivity contribution in [3.63, 3.8) is 0 Å². The first-order chi connectivity index (χ1) is 8.29. The number of hydrogen-bond donors (Lipinski definition) is 1. The first kappa shape index (κ1) is 11.1. The number of anilines is 1. The molecule has 1 aromatic carbocycles. The number of ether oxygens (including phenoxy) is 1. The maximum Gasteiger partial charge on any atom is 0.325 e. The highest BCUT2D eigenvalue weighted by Crippen LogP contribution is 2.11. The average molecular weight is 233 g/mol. The molecule has 0 atom stereocenters. The molecule has 2 rings (SSSR count). The Morgan fingerprint density at radius 2 is 2.18 bits per heavy atom. The van der Waals surface area contributed by atoms with Crippen LogP contribution < -0.4 is 5.32 Å². The number of rotatable bonds is 4. The van der Waals surface area contributed by atoms with Gasteiger partial charge in [-0.05, 0) is 34.7 Å². The first-order valence-electron chi connectivity index (χ1n) is 4.93. The van der Waals surface area contributed by atoms with Crippen LogP contribution in [0.2, 0.25) is 0 Å². The summed E-state index contributed by atoms with van der Waals surface area (Å²) in [6.07, 6.45) is 1.51. The largest absolute Gasteiger partial charge is 0.468 e. The van der Waals surface area contributed by atoms with Gasteiger partial charge in [0, 0.05) is 5.69 Å². The maximum atomic E-state index is 10.9. The third-order valence-corrected chi connectivity index (χ3v) is 2.15. The predicted molar refractivity (Wildman–Crippen MR) is 59.7 cm³/mol. The summed E-state index contributed by atoms with van der Waals surface area (Å²) in [5, 5.41) is 13.8. The molecule has 0 amide bonds. The quantitative estimate of drug-likeness (QED) is 0.762. The van der Waals surface area contributed by atoms with Crippen molar-refractivity contribution >= 4 is 11.7 Å². The average Bonchev–Trinajstić information content (AvgIpc) is 2.90. The predicted octanol–water partition coefficient (Wildman–Crippen LogP) is 0.247. The Bertz CT molecular complexity index is 480. The third-order valence-electron chi connectivity index (χ3n) is 2.15. The smallest absolute Gasteiger partial charge is 0.325 e. The van der Waals surface area contributed by atoms with E-state index in [1.165, 1.54) is 13.4 Å². The van der Waals surface area contributed by atoms with Crippen LogP contribution >= 0.6 is 0 Å². The van der Waals surface area contributed by atoms with E-state index in [0.717, 1.165) is 11.4 Å². The van der Waals surface area contributed by atoms with Gasteiger partial charge in [0.15, 0.2) is 0 Å². The Hall–Kier alpha value is -2.44. The molecule has 0 saturated heterocycles. The fourth-order valence-corrected chi connectivity index (χ4v) is 1.26. The Morgan fingerprint density at radius 1 is 1.41 bits per heavy atom. The van der Waals surface area contributed by atoms with Crippen LogP contribution in [0.4, 0.5) is 5.69 Å². The molecule has 0 aliphatic heterocycles. The van der Waals surface area contributed by atoms with Crippen molar-refractivity contribution < 1.29 is 9.53 Å². The standard InChI is InChI=1S/C10H11N5O2/c1-17-10(16)6-11-8-2-4-9(5-3-8)15-7-12-13-14-15/h2-5,7,11H,6H2,1H3. The van der Waals surface area contributed by atoms with Crippen molar-refractivity contribution in [1.82, 2.24) is 20.2 Å². The molecule has 0 saturated carbocycles. The van der Waals surface area contributed by atoms with Gasteiger partial charge in [-0.1, -0.05) is 0 Å². The fraction of sp³-hybridized carbons (Fsp3) is 0.200. The van der Waals surface area contributed by atoms with E-state index in [0.29, 0.717) is 0 Å². The summed E-state index contributed by atoms with van der Waals surface area (Å²) in [4.78, 5) is 10.9. The van der Waals surface area contributed by atoms with E-state index < -0.39 is 0 Å². The van der Waals surface area contributed by atoms with Crippen molar-refractivity contribution in [3.8, 4) is 5.69 Å². The van der Waals surface area contributed by atoms with Gasteiger partial charge < -0.3 is 10.1 Å². The normalized spacial score (nSPS) is 9.94. The van der Waals surface area contributed by atoms with Gasteiger partial charge in [-0.3, -0.25) is 4.79 Å². The van der Waals surface area contributed by atoms with E-state index in [1.54, 1.807) is 4.68 Å². The van der Waals surface area contributed by atoms with E-state index in [1.807, 2.05) is 24.3 Å². The first-order valence-corrected chi connectivity index (χ1v) is 4.93. The number of carbonyl (C=O) groups is 1. The van der Waals surface area contributed by atoms with Crippen LogP contribution in [0.5, 0.6) is 0 Å². The fourth-order valence-electron chi connectivity index (χ4n) is 1.26. The molecule has 1 N–H and O–H groups in total. The lowest BCUT2D eigenvalue weighted by Crippen LogP contribution is -2.14. The number of benzene rings is 1. The summed E-state index contributed by atoms with van der Waals surface area (Å²) in [6.45, 7) is 0.140. The summed E-state index contributed by atoms with van der Waals surface area (Å²) in [6, 6.07) is 7.35. The summed E-state index contributed by atoms with van der Waals surface area (Å²) in [5.41, 5.74) is 1.67. The monoisotopic (exact) mass is 233 g/mol. The van der Waals surface area contributed by atoms with E-state index >= 15 is 0 Å². The zero-order chi connectivity index (χ0) is 12.1. The molecule has 0 fully saturated rings. The van der Waals surface area contributed by atoms with Crippen molar-refractivity contribution in [3.05, 3.63) is 30.6 Å². The van der Waals surface area contributed by atoms with E-state index in [2.05, 4.69) is 25.6 Å². The van der Waals surface area contributed by atoms with Crippen LogP contribution in [0, 0.1) is 0 Å². The van der Waals surface area contributed by atoms with E-state index in [4.69, 9.17) is 0 Å². The van der Waals surface area contributed by atoms with Crippen molar-refractivity contribution in [2.45, 2.75) is 0 Å². The van der Waals surface area contributed by atoms with Gasteiger partial charge >= 0.3 is 5.97 Å². The van der Waals surface area contributed by atoms with Crippen molar-refractivity contribution in [2.24, 2.45) is 0 Å².